The van der Waals surface area contributed by atoms with Crippen molar-refractivity contribution in [1.29, 1.82) is 0 Å². The molecule has 2 amide bonds. The minimum absolute atomic E-state index is 0.0217. The van der Waals surface area contributed by atoms with Crippen LogP contribution in [-0.4, -0.2) is 80.8 Å². The van der Waals surface area contributed by atoms with Crippen molar-refractivity contribution in [2.24, 2.45) is 5.16 Å². The fraction of sp³-hybridized carbons (Fsp3) is 0.333. The summed E-state index contributed by atoms with van der Waals surface area (Å²) in [6.07, 6.45) is 0. The lowest BCUT2D eigenvalue weighted by Gasteiger charge is -2.49. The Hall–Kier alpha value is -2.82. The first-order valence-corrected chi connectivity index (χ1v) is 13.4. The lowest BCUT2D eigenvalue weighted by atomic mass is 10.0. The van der Waals surface area contributed by atoms with Crippen LogP contribution in [0.15, 0.2) is 32.2 Å². The second-order valence-corrected chi connectivity index (χ2v) is 11.1. The molecular weight excluding hydrogens is 523 g/mol. The summed E-state index contributed by atoms with van der Waals surface area (Å²) in [7, 11) is 3.05. The molecule has 0 spiro atoms. The maximum Gasteiger partial charge on any atom is 0.352 e. The topological polar surface area (TPSA) is 172 Å². The maximum absolute atomic E-state index is 12.9. The predicted molar refractivity (Wildman–Crippen MR) is 132 cm³/mol. The minimum atomic E-state index is -1.19. The van der Waals surface area contributed by atoms with Gasteiger partial charge in [-0.15, -0.1) is 33.3 Å². The molecule has 0 radical (unpaired) electrons. The Balaban J connectivity index is 1.48. The Bertz CT molecular complexity index is 1190. The van der Waals surface area contributed by atoms with Crippen molar-refractivity contribution >= 4 is 79.8 Å². The van der Waals surface area contributed by atoms with Gasteiger partial charge in [-0.2, -0.15) is 0 Å². The number of oxime groups is 1. The highest BCUT2D eigenvalue weighted by Crippen LogP contribution is 2.42. The molecule has 16 heteroatoms. The second kappa shape index (κ2) is 10.2. The highest BCUT2D eigenvalue weighted by Gasteiger charge is 2.54. The Labute approximate surface area is 210 Å². The maximum atomic E-state index is 12.9. The number of carbonyl (C=O) groups excluding carboxylic acids is 2. The van der Waals surface area contributed by atoms with E-state index >= 15 is 0 Å². The van der Waals surface area contributed by atoms with Crippen LogP contribution in [0.3, 0.4) is 0 Å². The van der Waals surface area contributed by atoms with E-state index in [4.69, 9.17) is 10.6 Å². The lowest BCUT2D eigenvalue weighted by molar-refractivity contribution is -0.150. The van der Waals surface area contributed by atoms with E-state index in [1.165, 1.54) is 58.2 Å². The van der Waals surface area contributed by atoms with Gasteiger partial charge in [-0.05, 0) is 11.6 Å². The third-order valence-corrected chi connectivity index (χ3v) is 9.08. The molecule has 2 aliphatic rings. The first kappa shape index (κ1) is 24.3. The largest absolute Gasteiger partial charge is 0.477 e. The van der Waals surface area contributed by atoms with Crippen LogP contribution in [0.4, 0.5) is 10.1 Å². The van der Waals surface area contributed by atoms with Gasteiger partial charge in [-0.25, -0.2) is 4.79 Å². The molecule has 12 nitrogen and oxygen atoms in total. The van der Waals surface area contributed by atoms with Gasteiger partial charge in [-0.3, -0.25) is 14.5 Å². The third kappa shape index (κ3) is 4.70. The summed E-state index contributed by atoms with van der Waals surface area (Å²) in [4.78, 5) is 43.8. The lowest BCUT2D eigenvalue weighted by Crippen LogP contribution is -2.71. The summed E-state index contributed by atoms with van der Waals surface area (Å²) >= 11 is 5.34. The molecule has 0 saturated carbocycles. The zero-order valence-corrected chi connectivity index (χ0v) is 21.1. The van der Waals surface area contributed by atoms with E-state index in [-0.39, 0.29) is 11.4 Å². The fourth-order valence-corrected chi connectivity index (χ4v) is 7.14. The summed E-state index contributed by atoms with van der Waals surface area (Å²) in [5.74, 6) is -1.56. The third-order valence-electron chi connectivity index (χ3n) is 4.82. The van der Waals surface area contributed by atoms with E-state index in [2.05, 4.69) is 26.0 Å². The summed E-state index contributed by atoms with van der Waals surface area (Å²) in [5.41, 5.74) is 6.73. The monoisotopic (exact) mass is 541 g/mol. The van der Waals surface area contributed by atoms with Crippen molar-refractivity contribution in [1.82, 2.24) is 20.4 Å². The van der Waals surface area contributed by atoms with Gasteiger partial charge < -0.3 is 26.3 Å². The number of thiophene rings is 1. The van der Waals surface area contributed by atoms with Crippen molar-refractivity contribution in [3.8, 4) is 0 Å². The van der Waals surface area contributed by atoms with E-state index in [1.54, 1.807) is 18.5 Å². The zero-order chi connectivity index (χ0) is 24.4. The molecule has 2 aromatic heterocycles. The fourth-order valence-electron chi connectivity index (χ4n) is 3.32. The first-order valence-electron chi connectivity index (χ1n) is 9.64. The van der Waals surface area contributed by atoms with Crippen molar-refractivity contribution in [3.05, 3.63) is 28.3 Å². The highest BCUT2D eigenvalue weighted by atomic mass is 32.2. The number of thioether (sulfide) groups is 2. The number of aromatic nitrogens is 2. The van der Waals surface area contributed by atoms with Crippen LogP contribution in [0.25, 0.3) is 0 Å². The molecule has 1 fully saturated rings. The van der Waals surface area contributed by atoms with Crippen LogP contribution >= 0.6 is 46.2 Å². The number of nitrogens with zero attached hydrogens (tertiary/aromatic N) is 4. The van der Waals surface area contributed by atoms with Gasteiger partial charge in [0.15, 0.2) is 10.1 Å². The molecule has 2 aliphatic heterocycles. The second-order valence-electron chi connectivity index (χ2n) is 6.89. The van der Waals surface area contributed by atoms with Crippen molar-refractivity contribution in [2.75, 3.05) is 36.7 Å². The number of hydrogen-bond acceptors (Lipinski definition) is 13. The Morgan fingerprint density at radius 1 is 1.44 bits per heavy atom. The quantitative estimate of drug-likeness (QED) is 0.155. The molecule has 0 aromatic carbocycles. The molecule has 0 aliphatic carbocycles. The van der Waals surface area contributed by atoms with Gasteiger partial charge in [0.1, 0.15) is 24.2 Å². The average molecular weight is 542 g/mol. The molecule has 2 atom stereocenters. The predicted octanol–water partition coefficient (Wildman–Crippen LogP) is 1.10. The molecule has 0 unspecified atom stereocenters. The van der Waals surface area contributed by atoms with Crippen LogP contribution in [0.2, 0.25) is 0 Å². The Morgan fingerprint density at radius 3 is 2.85 bits per heavy atom. The number of anilines is 2. The standard InChI is InChI=1S/C18H19N7O5S4/c1-20-17-22-23-18(34-17)33-6-8-5-32-15-11(14(27)25(15)12(8)16(28)29)21-13(26)10(24-30-2)7-3-9(19)31-4-7/h3-4,11,15H,5-6,19H2,1-2H3,(H,20,22)(H,21,26)(H,28,29)/b24-10-/t11-,15-/m1/s1. The van der Waals surface area contributed by atoms with Gasteiger partial charge >= 0.3 is 5.97 Å². The molecule has 1 saturated heterocycles. The zero-order valence-electron chi connectivity index (χ0n) is 17.8. The number of nitrogen functional groups attached to an aromatic ring is 1. The average Bonchev–Trinajstić information content (AvgIpc) is 3.47. The number of fused-ring (bicyclic) bond motifs is 1. The minimum Gasteiger partial charge on any atom is -0.477 e. The van der Waals surface area contributed by atoms with Gasteiger partial charge in [0, 0.05) is 29.5 Å². The van der Waals surface area contributed by atoms with Gasteiger partial charge in [0.25, 0.3) is 11.8 Å². The number of carbonyl (C=O) groups is 3. The number of hydrogen-bond donors (Lipinski definition) is 4. The highest BCUT2D eigenvalue weighted by molar-refractivity contribution is 8.01. The number of β-lactam (4-membered cyclic amide) rings is 1. The molecule has 4 rings (SSSR count). The van der Waals surface area contributed by atoms with Crippen LogP contribution in [0, 0.1) is 0 Å². The number of carboxylic acids is 1. The van der Waals surface area contributed by atoms with Crippen molar-refractivity contribution < 1.29 is 24.3 Å². The van der Waals surface area contributed by atoms with E-state index in [1.807, 2.05) is 0 Å². The van der Waals surface area contributed by atoms with E-state index in [9.17, 15) is 19.5 Å². The molecule has 34 heavy (non-hydrogen) atoms. The SMILES string of the molecule is CNc1nnc(SCC2=C(C(=O)O)N3C(=O)[C@@H](NC(=O)/C(=N\OC)c4csc(N)c4)[C@H]3SC2)s1. The van der Waals surface area contributed by atoms with Crippen molar-refractivity contribution in [3.63, 3.8) is 0 Å². The van der Waals surface area contributed by atoms with Crippen LogP contribution in [-0.2, 0) is 19.2 Å². The summed E-state index contributed by atoms with van der Waals surface area (Å²) in [6.45, 7) is 0. The number of nitrogens with one attached hydrogen (secondary N) is 2. The summed E-state index contributed by atoms with van der Waals surface area (Å²) in [6, 6.07) is 0.694. The number of rotatable bonds is 9. The number of aliphatic carboxylic acids is 1. The molecule has 2 aromatic rings. The molecule has 4 heterocycles. The van der Waals surface area contributed by atoms with Crippen LogP contribution in [0.5, 0.6) is 0 Å². The van der Waals surface area contributed by atoms with Crippen LogP contribution in [0.1, 0.15) is 5.56 Å². The summed E-state index contributed by atoms with van der Waals surface area (Å²) < 4.78 is 0.688. The first-order chi connectivity index (χ1) is 16.3. The van der Waals surface area contributed by atoms with Gasteiger partial charge in [-0.1, -0.05) is 28.3 Å². The van der Waals surface area contributed by atoms with Gasteiger partial charge in [0.2, 0.25) is 5.13 Å². The molecular formula is C18H19N7O5S4. The number of amides is 2. The number of carboxylic acid groups (broad SMARTS) is 1. The molecule has 0 bridgehead atoms. The van der Waals surface area contributed by atoms with Crippen LogP contribution < -0.4 is 16.4 Å². The normalized spacial score (nSPS) is 20.0. The molecule has 5 N–H and O–H groups in total. The summed E-state index contributed by atoms with van der Waals surface area (Å²) in [5, 5.41) is 29.4. The van der Waals surface area contributed by atoms with E-state index < -0.39 is 29.2 Å². The Morgan fingerprint density at radius 2 is 2.24 bits per heavy atom. The van der Waals surface area contributed by atoms with Crippen molar-refractivity contribution in [2.45, 2.75) is 15.8 Å². The molecule has 180 valence electrons. The van der Waals surface area contributed by atoms with E-state index in [0.29, 0.717) is 37.1 Å². The van der Waals surface area contributed by atoms with Gasteiger partial charge in [0.05, 0.1) is 5.00 Å². The smallest absolute Gasteiger partial charge is 0.352 e. The van der Waals surface area contributed by atoms with E-state index in [0.717, 1.165) is 0 Å². The number of nitrogens with two attached hydrogens (primary N) is 1. The Kier molecular flexibility index (Phi) is 7.30.